The highest BCUT2D eigenvalue weighted by Gasteiger charge is 2.35. The number of benzene rings is 1. The number of hydrogen-bond donors (Lipinski definition) is 0. The van der Waals surface area contributed by atoms with Crippen LogP contribution in [-0.4, -0.2) is 12.5 Å². The van der Waals surface area contributed by atoms with E-state index in [1.54, 1.807) is 0 Å². The molecule has 0 heterocycles. The van der Waals surface area contributed by atoms with Gasteiger partial charge in [0.2, 0.25) is 0 Å². The minimum absolute atomic E-state index is 0.0597. The highest BCUT2D eigenvalue weighted by molar-refractivity contribution is 5.27. The van der Waals surface area contributed by atoms with Crippen molar-refractivity contribution < 1.29 is 31.4 Å². The molecule has 158 valence electrons. The summed E-state index contributed by atoms with van der Waals surface area (Å²) < 4.78 is 73.1. The topological polar surface area (TPSA) is 18.5 Å². The summed E-state index contributed by atoms with van der Waals surface area (Å²) >= 11 is 0. The smallest absolute Gasteiger partial charge is 0.406 e. The third-order valence-electron chi connectivity index (χ3n) is 5.08. The van der Waals surface area contributed by atoms with E-state index in [0.717, 1.165) is 50.7 Å². The molecule has 0 saturated heterocycles. The summed E-state index contributed by atoms with van der Waals surface area (Å²) in [6.07, 6.45) is 1.47. The molecule has 0 aliphatic heterocycles. The molecular weight excluding hydrogens is 379 g/mol. The Morgan fingerprint density at radius 1 is 0.964 bits per heavy atom. The van der Waals surface area contributed by atoms with Gasteiger partial charge in [-0.1, -0.05) is 37.1 Å². The molecule has 0 aromatic heterocycles. The lowest BCUT2D eigenvalue weighted by molar-refractivity contribution is -0.274. The van der Waals surface area contributed by atoms with Gasteiger partial charge in [0.1, 0.15) is 5.75 Å². The first-order chi connectivity index (χ1) is 13.2. The number of allylic oxidation sites excluding steroid dienone is 2. The lowest BCUT2D eigenvalue weighted by Crippen LogP contribution is -2.27. The number of alkyl halides is 5. The zero-order valence-electron chi connectivity index (χ0n) is 16.0. The molecular formula is C21H27F5O2. The SMILES string of the molecule is CC=CCC[C@H]1CC[C@H](CC(F)(F)OCc2ccc(OC(F)(F)F)cc2)CC1. The largest absolute Gasteiger partial charge is 0.573 e. The average Bonchev–Trinajstić information content (AvgIpc) is 2.61. The van der Waals surface area contributed by atoms with Crippen molar-refractivity contribution in [3.63, 3.8) is 0 Å². The van der Waals surface area contributed by atoms with Crippen LogP contribution in [0.2, 0.25) is 0 Å². The van der Waals surface area contributed by atoms with E-state index in [4.69, 9.17) is 4.74 Å². The summed E-state index contributed by atoms with van der Waals surface area (Å²) in [6.45, 7) is 1.63. The van der Waals surface area contributed by atoms with Gasteiger partial charge in [-0.15, -0.1) is 13.2 Å². The average molecular weight is 406 g/mol. The molecule has 0 bridgehead atoms. The molecule has 1 aliphatic rings. The fourth-order valence-electron chi connectivity index (χ4n) is 3.59. The van der Waals surface area contributed by atoms with Gasteiger partial charge in [-0.05, 0) is 62.1 Å². The van der Waals surface area contributed by atoms with Gasteiger partial charge in [-0.25, -0.2) is 0 Å². The third-order valence-corrected chi connectivity index (χ3v) is 5.08. The van der Waals surface area contributed by atoms with Gasteiger partial charge in [0, 0.05) is 6.42 Å². The van der Waals surface area contributed by atoms with Crippen LogP contribution < -0.4 is 4.74 Å². The Bertz CT molecular complexity index is 602. The van der Waals surface area contributed by atoms with Crippen molar-refractivity contribution >= 4 is 0 Å². The molecule has 2 nitrogen and oxygen atoms in total. The van der Waals surface area contributed by atoms with Crippen LogP contribution in [0.25, 0.3) is 0 Å². The van der Waals surface area contributed by atoms with Gasteiger partial charge < -0.3 is 9.47 Å². The normalized spacial score (nSPS) is 21.2. The van der Waals surface area contributed by atoms with Crippen LogP contribution in [0, 0.1) is 11.8 Å². The number of ether oxygens (including phenoxy) is 2. The van der Waals surface area contributed by atoms with Crippen LogP contribution in [0.1, 0.15) is 57.4 Å². The molecule has 0 N–H and O–H groups in total. The molecule has 2 rings (SSSR count). The highest BCUT2D eigenvalue weighted by atomic mass is 19.4. The van der Waals surface area contributed by atoms with E-state index in [9.17, 15) is 22.0 Å². The van der Waals surface area contributed by atoms with E-state index in [2.05, 4.69) is 10.8 Å². The second-order valence-electron chi connectivity index (χ2n) is 7.36. The quantitative estimate of drug-likeness (QED) is 0.318. The van der Waals surface area contributed by atoms with Crippen LogP contribution in [0.4, 0.5) is 22.0 Å². The first-order valence-electron chi connectivity index (χ1n) is 9.64. The van der Waals surface area contributed by atoms with Gasteiger partial charge in [-0.2, -0.15) is 8.78 Å². The summed E-state index contributed by atoms with van der Waals surface area (Å²) in [5.74, 6) is 0.157. The van der Waals surface area contributed by atoms with Crippen LogP contribution in [0.3, 0.4) is 0 Å². The van der Waals surface area contributed by atoms with Crippen LogP contribution >= 0.6 is 0 Å². The fraction of sp³-hybridized carbons (Fsp3) is 0.619. The molecule has 28 heavy (non-hydrogen) atoms. The summed E-state index contributed by atoms with van der Waals surface area (Å²) in [4.78, 5) is 0. The molecule has 1 aromatic carbocycles. The monoisotopic (exact) mass is 406 g/mol. The predicted molar refractivity (Wildman–Crippen MR) is 97.0 cm³/mol. The molecule has 1 saturated carbocycles. The third kappa shape index (κ3) is 8.59. The fourth-order valence-corrected chi connectivity index (χ4v) is 3.59. The number of rotatable bonds is 9. The molecule has 1 aliphatic carbocycles. The van der Waals surface area contributed by atoms with E-state index in [-0.39, 0.29) is 18.9 Å². The van der Waals surface area contributed by atoms with Crippen molar-refractivity contribution in [3.05, 3.63) is 42.0 Å². The van der Waals surface area contributed by atoms with E-state index in [0.29, 0.717) is 11.5 Å². The summed E-state index contributed by atoms with van der Waals surface area (Å²) in [5, 5.41) is 0. The Morgan fingerprint density at radius 2 is 1.57 bits per heavy atom. The van der Waals surface area contributed by atoms with Crippen molar-refractivity contribution in [3.8, 4) is 5.75 Å². The molecule has 1 aromatic rings. The first kappa shape index (κ1) is 22.7. The van der Waals surface area contributed by atoms with Gasteiger partial charge >= 0.3 is 12.5 Å². The molecule has 0 atom stereocenters. The van der Waals surface area contributed by atoms with E-state index < -0.39 is 18.2 Å². The van der Waals surface area contributed by atoms with Crippen molar-refractivity contribution in [1.29, 1.82) is 0 Å². The Morgan fingerprint density at radius 3 is 2.14 bits per heavy atom. The van der Waals surface area contributed by atoms with Crippen molar-refractivity contribution in [2.24, 2.45) is 11.8 Å². The Labute approximate surface area is 162 Å². The summed E-state index contributed by atoms with van der Waals surface area (Å²) in [6, 6.07) is 4.73. The van der Waals surface area contributed by atoms with E-state index in [1.807, 2.05) is 13.0 Å². The highest BCUT2D eigenvalue weighted by Crippen LogP contribution is 2.38. The molecule has 1 fully saturated rings. The maximum absolute atomic E-state index is 14.1. The molecule has 0 unspecified atom stereocenters. The Balaban J connectivity index is 1.73. The maximum Gasteiger partial charge on any atom is 0.573 e. The second-order valence-corrected chi connectivity index (χ2v) is 7.36. The zero-order chi connectivity index (χ0) is 20.6. The van der Waals surface area contributed by atoms with E-state index in [1.165, 1.54) is 12.1 Å². The van der Waals surface area contributed by atoms with Crippen molar-refractivity contribution in [1.82, 2.24) is 0 Å². The van der Waals surface area contributed by atoms with Gasteiger partial charge in [0.25, 0.3) is 0 Å². The van der Waals surface area contributed by atoms with Crippen LogP contribution in [0.5, 0.6) is 5.75 Å². The second kappa shape index (κ2) is 10.2. The standard InChI is InChI=1S/C21H27F5O2/c1-2-3-4-5-16-6-8-17(9-7-16)14-20(22,23)27-15-18-10-12-19(13-11-18)28-21(24,25)26/h2-3,10-13,16-17H,4-9,14-15H2,1H3/t16-,17-. The van der Waals surface area contributed by atoms with Crippen LogP contribution in [0.15, 0.2) is 36.4 Å². The zero-order valence-corrected chi connectivity index (χ0v) is 16.0. The minimum atomic E-state index is -4.78. The maximum atomic E-state index is 14.1. The predicted octanol–water partition coefficient (Wildman–Crippen LogP) is 7.25. The van der Waals surface area contributed by atoms with Gasteiger partial charge in [0.15, 0.2) is 0 Å². The van der Waals surface area contributed by atoms with Crippen molar-refractivity contribution in [2.45, 2.75) is 70.9 Å². The number of halogens is 5. The minimum Gasteiger partial charge on any atom is -0.406 e. The van der Waals surface area contributed by atoms with Crippen molar-refractivity contribution in [2.75, 3.05) is 0 Å². The molecule has 0 spiro atoms. The number of hydrogen-bond acceptors (Lipinski definition) is 2. The van der Waals surface area contributed by atoms with Gasteiger partial charge in [0.05, 0.1) is 6.61 Å². The Hall–Kier alpha value is -1.63. The summed E-state index contributed by atoms with van der Waals surface area (Å²) in [7, 11) is 0. The van der Waals surface area contributed by atoms with E-state index >= 15 is 0 Å². The van der Waals surface area contributed by atoms with Crippen LogP contribution in [-0.2, 0) is 11.3 Å². The molecule has 0 amide bonds. The lowest BCUT2D eigenvalue weighted by atomic mass is 9.78. The molecule has 7 heteroatoms. The first-order valence-corrected chi connectivity index (χ1v) is 9.64. The molecule has 0 radical (unpaired) electrons. The van der Waals surface area contributed by atoms with Gasteiger partial charge in [-0.3, -0.25) is 0 Å². The summed E-state index contributed by atoms with van der Waals surface area (Å²) in [5.41, 5.74) is 0.363. The lowest BCUT2D eigenvalue weighted by Gasteiger charge is -2.30. The Kier molecular flexibility index (Phi) is 8.28.